The molecule has 0 radical (unpaired) electrons. The second-order valence-corrected chi connectivity index (χ2v) is 5.69. The Morgan fingerprint density at radius 3 is 3.05 bits per heavy atom. The molecule has 2 saturated heterocycles. The van der Waals surface area contributed by atoms with E-state index in [-0.39, 0.29) is 5.91 Å². The maximum absolute atomic E-state index is 12.4. The number of nitrogens with zero attached hydrogens (tertiary/aromatic N) is 3. The zero-order valence-corrected chi connectivity index (χ0v) is 11.6. The van der Waals surface area contributed by atoms with Gasteiger partial charge in [0.15, 0.2) is 0 Å². The minimum Gasteiger partial charge on any atom is -0.336 e. The van der Waals surface area contributed by atoms with Gasteiger partial charge in [-0.25, -0.2) is 4.98 Å². The number of halogens is 1. The average Bonchev–Trinajstić information content (AvgIpc) is 2.46. The van der Waals surface area contributed by atoms with Crippen LogP contribution in [-0.4, -0.2) is 52.9 Å². The Morgan fingerprint density at radius 1 is 1.32 bits per heavy atom. The summed E-state index contributed by atoms with van der Waals surface area (Å²) in [5.41, 5.74) is 0.643. The van der Waals surface area contributed by atoms with Crippen LogP contribution in [0.25, 0.3) is 0 Å². The molecule has 1 amide bonds. The predicted octanol–water partition coefficient (Wildman–Crippen LogP) is 2.05. The van der Waals surface area contributed by atoms with E-state index < -0.39 is 0 Å². The number of amides is 1. The van der Waals surface area contributed by atoms with E-state index in [4.69, 9.17) is 11.6 Å². The maximum atomic E-state index is 12.4. The Labute approximate surface area is 118 Å². The number of carbonyl (C=O) groups is 1. The van der Waals surface area contributed by atoms with Crippen molar-refractivity contribution in [1.29, 1.82) is 0 Å². The van der Waals surface area contributed by atoms with Crippen LogP contribution in [0.5, 0.6) is 0 Å². The summed E-state index contributed by atoms with van der Waals surface area (Å²) in [6.07, 6.45) is 5.38. The van der Waals surface area contributed by atoms with Crippen LogP contribution in [0.1, 0.15) is 29.6 Å². The number of hydrogen-bond acceptors (Lipinski definition) is 3. The fraction of sp³-hybridized carbons (Fsp3) is 0.571. The van der Waals surface area contributed by atoms with Crippen LogP contribution in [0.4, 0.5) is 0 Å². The summed E-state index contributed by atoms with van der Waals surface area (Å²) in [5, 5.41) is 0.377. The third kappa shape index (κ3) is 2.74. The lowest BCUT2D eigenvalue weighted by atomic mass is 9.99. The molecule has 0 spiro atoms. The van der Waals surface area contributed by atoms with Crippen LogP contribution in [-0.2, 0) is 0 Å². The minimum atomic E-state index is 0.0783. The summed E-state index contributed by atoms with van der Waals surface area (Å²) in [7, 11) is 0. The molecule has 2 fully saturated rings. The van der Waals surface area contributed by atoms with Gasteiger partial charge in [0, 0.05) is 37.4 Å². The summed E-state index contributed by atoms with van der Waals surface area (Å²) in [6, 6.07) is 3.93. The molecule has 1 atom stereocenters. The van der Waals surface area contributed by atoms with Gasteiger partial charge in [0.1, 0.15) is 5.15 Å². The molecular formula is C14H18ClN3O. The quantitative estimate of drug-likeness (QED) is 0.738. The highest BCUT2D eigenvalue weighted by Gasteiger charge is 2.31. The number of piperidine rings is 1. The highest BCUT2D eigenvalue weighted by molar-refractivity contribution is 6.29. The Hall–Kier alpha value is -1.13. The normalized spacial score (nSPS) is 24.1. The van der Waals surface area contributed by atoms with Crippen molar-refractivity contribution in [2.45, 2.75) is 25.3 Å². The first-order chi connectivity index (χ1) is 9.24. The molecule has 3 rings (SSSR count). The number of aromatic nitrogens is 1. The van der Waals surface area contributed by atoms with E-state index in [1.165, 1.54) is 25.8 Å². The third-order valence-corrected chi connectivity index (χ3v) is 4.30. The molecule has 102 valence electrons. The van der Waals surface area contributed by atoms with E-state index in [0.717, 1.165) is 19.6 Å². The first-order valence-electron chi connectivity index (χ1n) is 6.89. The molecule has 0 N–H and O–H groups in total. The molecule has 1 aromatic heterocycles. The van der Waals surface area contributed by atoms with E-state index in [9.17, 15) is 4.79 Å². The molecule has 5 heteroatoms. The van der Waals surface area contributed by atoms with Crippen LogP contribution in [0.2, 0.25) is 5.15 Å². The lowest BCUT2D eigenvalue weighted by molar-refractivity contribution is 0.0372. The lowest BCUT2D eigenvalue weighted by Crippen LogP contribution is -2.56. The van der Waals surface area contributed by atoms with Crippen LogP contribution >= 0.6 is 11.6 Å². The molecule has 0 aliphatic carbocycles. The number of piperazine rings is 1. The zero-order valence-electron chi connectivity index (χ0n) is 10.9. The summed E-state index contributed by atoms with van der Waals surface area (Å²) < 4.78 is 0. The van der Waals surface area contributed by atoms with Gasteiger partial charge in [-0.05, 0) is 31.5 Å². The zero-order chi connectivity index (χ0) is 13.2. The molecule has 19 heavy (non-hydrogen) atoms. The minimum absolute atomic E-state index is 0.0783. The second-order valence-electron chi connectivity index (χ2n) is 5.30. The van der Waals surface area contributed by atoms with Crippen molar-refractivity contribution in [2.75, 3.05) is 26.2 Å². The molecule has 4 nitrogen and oxygen atoms in total. The highest BCUT2D eigenvalue weighted by atomic mass is 35.5. The molecule has 0 saturated carbocycles. The summed E-state index contributed by atoms with van der Waals surface area (Å²) in [4.78, 5) is 20.8. The van der Waals surface area contributed by atoms with Crippen molar-refractivity contribution in [3.63, 3.8) is 0 Å². The van der Waals surface area contributed by atoms with Crippen LogP contribution in [0.3, 0.4) is 0 Å². The number of carbonyl (C=O) groups excluding carboxylic acids is 1. The Morgan fingerprint density at radius 2 is 2.21 bits per heavy atom. The Balaban J connectivity index is 1.71. The van der Waals surface area contributed by atoms with Crippen molar-refractivity contribution in [3.8, 4) is 0 Å². The van der Waals surface area contributed by atoms with Gasteiger partial charge in [-0.1, -0.05) is 18.0 Å². The van der Waals surface area contributed by atoms with E-state index in [1.54, 1.807) is 18.3 Å². The van der Waals surface area contributed by atoms with Gasteiger partial charge in [-0.15, -0.1) is 0 Å². The lowest BCUT2D eigenvalue weighted by Gasteiger charge is -2.44. The molecular weight excluding hydrogens is 262 g/mol. The molecule has 2 aliphatic heterocycles. The first-order valence-corrected chi connectivity index (χ1v) is 7.27. The third-order valence-electron chi connectivity index (χ3n) is 4.10. The summed E-state index contributed by atoms with van der Waals surface area (Å²) >= 11 is 5.85. The number of pyridine rings is 1. The van der Waals surface area contributed by atoms with Gasteiger partial charge in [0.25, 0.3) is 5.91 Å². The van der Waals surface area contributed by atoms with Crippen molar-refractivity contribution in [2.24, 2.45) is 0 Å². The number of hydrogen-bond donors (Lipinski definition) is 0. The average molecular weight is 280 g/mol. The van der Waals surface area contributed by atoms with Gasteiger partial charge in [0.05, 0.1) is 0 Å². The van der Waals surface area contributed by atoms with E-state index in [1.807, 2.05) is 4.90 Å². The monoisotopic (exact) mass is 279 g/mol. The highest BCUT2D eigenvalue weighted by Crippen LogP contribution is 2.22. The second kappa shape index (κ2) is 5.47. The fourth-order valence-corrected chi connectivity index (χ4v) is 3.23. The van der Waals surface area contributed by atoms with Crippen LogP contribution in [0.15, 0.2) is 18.3 Å². The van der Waals surface area contributed by atoms with Gasteiger partial charge in [-0.2, -0.15) is 0 Å². The molecule has 0 aromatic carbocycles. The Kier molecular flexibility index (Phi) is 3.71. The smallest absolute Gasteiger partial charge is 0.254 e. The number of rotatable bonds is 1. The molecule has 2 aliphatic rings. The standard InChI is InChI=1S/C14H18ClN3O/c15-13-9-11(4-5-16-13)14(19)18-8-7-17-6-2-1-3-12(17)10-18/h4-5,9,12H,1-3,6-8,10H2. The van der Waals surface area contributed by atoms with E-state index in [2.05, 4.69) is 9.88 Å². The van der Waals surface area contributed by atoms with E-state index in [0.29, 0.717) is 16.8 Å². The van der Waals surface area contributed by atoms with Crippen molar-refractivity contribution in [3.05, 3.63) is 29.0 Å². The van der Waals surface area contributed by atoms with Crippen molar-refractivity contribution in [1.82, 2.24) is 14.8 Å². The Bertz CT molecular complexity index is 480. The van der Waals surface area contributed by atoms with E-state index >= 15 is 0 Å². The summed E-state index contributed by atoms with van der Waals surface area (Å²) in [5.74, 6) is 0.0783. The summed E-state index contributed by atoms with van der Waals surface area (Å²) in [6.45, 7) is 3.84. The fourth-order valence-electron chi connectivity index (χ4n) is 3.06. The van der Waals surface area contributed by atoms with Gasteiger partial charge >= 0.3 is 0 Å². The van der Waals surface area contributed by atoms with Gasteiger partial charge < -0.3 is 4.90 Å². The van der Waals surface area contributed by atoms with Gasteiger partial charge in [-0.3, -0.25) is 9.69 Å². The van der Waals surface area contributed by atoms with Crippen LogP contribution < -0.4 is 0 Å². The van der Waals surface area contributed by atoms with Crippen LogP contribution in [0, 0.1) is 0 Å². The first kappa shape index (κ1) is 12.9. The van der Waals surface area contributed by atoms with Crippen molar-refractivity contribution >= 4 is 17.5 Å². The van der Waals surface area contributed by atoms with Crippen molar-refractivity contribution < 1.29 is 4.79 Å². The molecule has 3 heterocycles. The SMILES string of the molecule is O=C(c1ccnc(Cl)c1)N1CCN2CCCCC2C1. The molecule has 1 unspecified atom stereocenters. The molecule has 1 aromatic rings. The maximum Gasteiger partial charge on any atom is 0.254 e. The topological polar surface area (TPSA) is 36.4 Å². The molecule has 0 bridgehead atoms. The largest absolute Gasteiger partial charge is 0.336 e. The number of fused-ring (bicyclic) bond motifs is 1. The van der Waals surface area contributed by atoms with Gasteiger partial charge in [0.2, 0.25) is 0 Å². The predicted molar refractivity (Wildman–Crippen MR) is 74.4 cm³/mol.